The summed E-state index contributed by atoms with van der Waals surface area (Å²) in [6, 6.07) is 8.94. The normalized spacial score (nSPS) is 23.2. The number of hydrogen-bond donors (Lipinski definition) is 0. The lowest BCUT2D eigenvalue weighted by atomic mass is 10.0. The van der Waals surface area contributed by atoms with E-state index in [1.54, 1.807) is 42.1 Å². The second-order valence-electron chi connectivity index (χ2n) is 4.70. The van der Waals surface area contributed by atoms with E-state index in [1.165, 1.54) is 4.90 Å². The highest BCUT2D eigenvalue weighted by Crippen LogP contribution is 2.35. The summed E-state index contributed by atoms with van der Waals surface area (Å²) in [7, 11) is 0. The van der Waals surface area contributed by atoms with E-state index in [4.69, 9.17) is 0 Å². The molecule has 100 valence electrons. The zero-order chi connectivity index (χ0) is 13.9. The van der Waals surface area contributed by atoms with E-state index in [-0.39, 0.29) is 11.8 Å². The standard InChI is InChI=1S/C15H17NO2S/c1-3-9-15(2)14(18)16(10-11-19-15)13(17)12-7-5-4-6-8-12/h3-8H,1,9-11H2,2H3/t15-/m0/s1. The van der Waals surface area contributed by atoms with E-state index in [2.05, 4.69) is 6.58 Å². The third kappa shape index (κ3) is 2.73. The van der Waals surface area contributed by atoms with Crippen LogP contribution in [0.5, 0.6) is 0 Å². The van der Waals surface area contributed by atoms with Crippen molar-refractivity contribution >= 4 is 23.6 Å². The van der Waals surface area contributed by atoms with Gasteiger partial charge in [0.25, 0.3) is 5.91 Å². The predicted octanol–water partition coefficient (Wildman–Crippen LogP) is 2.74. The van der Waals surface area contributed by atoms with Gasteiger partial charge in [-0.3, -0.25) is 14.5 Å². The summed E-state index contributed by atoms with van der Waals surface area (Å²) < 4.78 is -0.565. The maximum Gasteiger partial charge on any atom is 0.260 e. The van der Waals surface area contributed by atoms with Crippen LogP contribution in [-0.4, -0.2) is 33.8 Å². The van der Waals surface area contributed by atoms with Gasteiger partial charge in [0.15, 0.2) is 0 Å². The minimum Gasteiger partial charge on any atom is -0.276 e. The topological polar surface area (TPSA) is 37.4 Å². The maximum absolute atomic E-state index is 12.5. The van der Waals surface area contributed by atoms with Gasteiger partial charge in [-0.2, -0.15) is 0 Å². The first-order chi connectivity index (χ1) is 9.08. The summed E-state index contributed by atoms with van der Waals surface area (Å²) >= 11 is 1.60. The molecule has 3 nitrogen and oxygen atoms in total. The molecule has 0 unspecified atom stereocenters. The van der Waals surface area contributed by atoms with Crippen LogP contribution in [0.15, 0.2) is 43.0 Å². The molecular weight excluding hydrogens is 258 g/mol. The Hall–Kier alpha value is -1.55. The van der Waals surface area contributed by atoms with Crippen LogP contribution in [0.4, 0.5) is 0 Å². The second kappa shape index (κ2) is 5.61. The van der Waals surface area contributed by atoms with Crippen molar-refractivity contribution in [2.45, 2.75) is 18.1 Å². The molecule has 2 rings (SSSR count). The minimum absolute atomic E-state index is 0.113. The van der Waals surface area contributed by atoms with E-state index >= 15 is 0 Å². The fourth-order valence-corrected chi connectivity index (χ4v) is 3.36. The first-order valence-corrected chi connectivity index (χ1v) is 7.23. The molecule has 0 bridgehead atoms. The number of amides is 2. The van der Waals surface area contributed by atoms with Crippen LogP contribution in [0, 0.1) is 0 Å². The van der Waals surface area contributed by atoms with E-state index < -0.39 is 4.75 Å². The molecule has 1 aliphatic rings. The van der Waals surface area contributed by atoms with Crippen LogP contribution in [0.25, 0.3) is 0 Å². The Balaban J connectivity index is 2.23. The molecule has 0 N–H and O–H groups in total. The average molecular weight is 275 g/mol. The Morgan fingerprint density at radius 2 is 2.16 bits per heavy atom. The smallest absolute Gasteiger partial charge is 0.260 e. The van der Waals surface area contributed by atoms with Crippen LogP contribution >= 0.6 is 11.8 Å². The Kier molecular flexibility index (Phi) is 4.10. The molecular formula is C15H17NO2S. The Morgan fingerprint density at radius 1 is 1.47 bits per heavy atom. The van der Waals surface area contributed by atoms with E-state index in [0.717, 1.165) is 5.75 Å². The van der Waals surface area contributed by atoms with Gasteiger partial charge in [0.05, 0.1) is 4.75 Å². The summed E-state index contributed by atoms with van der Waals surface area (Å²) in [4.78, 5) is 26.2. The SMILES string of the molecule is C=CC[C@]1(C)SCCN(C(=O)c2ccccc2)C1=O. The number of rotatable bonds is 3. The van der Waals surface area contributed by atoms with Crippen molar-refractivity contribution in [1.82, 2.24) is 4.90 Å². The molecule has 4 heteroatoms. The van der Waals surface area contributed by atoms with E-state index in [0.29, 0.717) is 18.5 Å². The van der Waals surface area contributed by atoms with Gasteiger partial charge in [-0.15, -0.1) is 18.3 Å². The molecule has 1 aliphatic heterocycles. The first-order valence-electron chi connectivity index (χ1n) is 6.25. The average Bonchev–Trinajstić information content (AvgIpc) is 2.43. The molecule has 0 spiro atoms. The Morgan fingerprint density at radius 3 is 2.79 bits per heavy atom. The van der Waals surface area contributed by atoms with Crippen LogP contribution in [0.1, 0.15) is 23.7 Å². The molecule has 2 amide bonds. The quantitative estimate of drug-likeness (QED) is 0.629. The second-order valence-corrected chi connectivity index (χ2v) is 6.30. The molecule has 1 heterocycles. The van der Waals surface area contributed by atoms with Crippen molar-refractivity contribution in [3.05, 3.63) is 48.6 Å². The summed E-state index contributed by atoms with van der Waals surface area (Å²) in [5, 5.41) is 0. The molecule has 19 heavy (non-hydrogen) atoms. The summed E-state index contributed by atoms with van der Waals surface area (Å²) in [6.07, 6.45) is 2.32. The number of nitrogens with zero attached hydrogens (tertiary/aromatic N) is 1. The van der Waals surface area contributed by atoms with Crippen LogP contribution in [0.3, 0.4) is 0 Å². The Bertz CT molecular complexity index is 500. The largest absolute Gasteiger partial charge is 0.276 e. The fourth-order valence-electron chi connectivity index (χ4n) is 2.16. The van der Waals surface area contributed by atoms with Crippen molar-refractivity contribution in [2.24, 2.45) is 0 Å². The van der Waals surface area contributed by atoms with Gasteiger partial charge in [0.1, 0.15) is 0 Å². The highest BCUT2D eigenvalue weighted by atomic mass is 32.2. The zero-order valence-electron chi connectivity index (χ0n) is 11.0. The summed E-state index contributed by atoms with van der Waals surface area (Å²) in [5.74, 6) is 0.452. The number of imide groups is 1. The highest BCUT2D eigenvalue weighted by Gasteiger charge is 2.42. The zero-order valence-corrected chi connectivity index (χ0v) is 11.8. The minimum atomic E-state index is -0.565. The monoisotopic (exact) mass is 275 g/mol. The lowest BCUT2D eigenvalue weighted by molar-refractivity contribution is -0.130. The number of carbonyl (C=O) groups is 2. The van der Waals surface area contributed by atoms with Crippen molar-refractivity contribution in [3.63, 3.8) is 0 Å². The third-order valence-electron chi connectivity index (χ3n) is 3.23. The molecule has 1 saturated heterocycles. The first kappa shape index (κ1) is 13.9. The third-order valence-corrected chi connectivity index (χ3v) is 4.60. The van der Waals surface area contributed by atoms with Gasteiger partial charge in [0.2, 0.25) is 5.91 Å². The highest BCUT2D eigenvalue weighted by molar-refractivity contribution is 8.01. The van der Waals surface area contributed by atoms with Crippen molar-refractivity contribution < 1.29 is 9.59 Å². The summed E-state index contributed by atoms with van der Waals surface area (Å²) in [5.41, 5.74) is 0.559. The molecule has 0 aliphatic carbocycles. The van der Waals surface area contributed by atoms with Gasteiger partial charge in [0, 0.05) is 17.9 Å². The molecule has 0 radical (unpaired) electrons. The number of hydrogen-bond acceptors (Lipinski definition) is 3. The molecule has 1 atom stereocenters. The van der Waals surface area contributed by atoms with Crippen LogP contribution in [0.2, 0.25) is 0 Å². The number of thioether (sulfide) groups is 1. The molecule has 1 aromatic rings. The van der Waals surface area contributed by atoms with Gasteiger partial charge >= 0.3 is 0 Å². The van der Waals surface area contributed by atoms with Gasteiger partial charge in [-0.25, -0.2) is 0 Å². The van der Waals surface area contributed by atoms with Crippen LogP contribution < -0.4 is 0 Å². The number of allylic oxidation sites excluding steroid dienone is 1. The van der Waals surface area contributed by atoms with Gasteiger partial charge < -0.3 is 0 Å². The lowest BCUT2D eigenvalue weighted by Crippen LogP contribution is -2.52. The van der Waals surface area contributed by atoms with Crippen LogP contribution in [-0.2, 0) is 4.79 Å². The fraction of sp³-hybridized carbons (Fsp3) is 0.333. The van der Waals surface area contributed by atoms with Crippen molar-refractivity contribution in [1.29, 1.82) is 0 Å². The van der Waals surface area contributed by atoms with E-state index in [1.807, 2.05) is 13.0 Å². The molecule has 1 fully saturated rings. The van der Waals surface area contributed by atoms with Crippen molar-refractivity contribution in [3.8, 4) is 0 Å². The number of carbonyl (C=O) groups excluding carboxylic acids is 2. The van der Waals surface area contributed by atoms with E-state index in [9.17, 15) is 9.59 Å². The predicted molar refractivity (Wildman–Crippen MR) is 78.2 cm³/mol. The molecule has 0 aromatic heterocycles. The molecule has 0 saturated carbocycles. The Labute approximate surface area is 117 Å². The van der Waals surface area contributed by atoms with Gasteiger partial charge in [-0.05, 0) is 25.5 Å². The molecule has 1 aromatic carbocycles. The van der Waals surface area contributed by atoms with Gasteiger partial charge in [-0.1, -0.05) is 24.3 Å². The number of benzene rings is 1. The maximum atomic E-state index is 12.5. The van der Waals surface area contributed by atoms with Crippen molar-refractivity contribution in [2.75, 3.05) is 12.3 Å². The summed E-state index contributed by atoms with van der Waals surface area (Å²) in [6.45, 7) is 6.05. The lowest BCUT2D eigenvalue weighted by Gasteiger charge is -2.37.